The fourth-order valence-electron chi connectivity index (χ4n) is 2.51. The molecule has 1 N–H and O–H groups in total. The summed E-state index contributed by atoms with van der Waals surface area (Å²) >= 11 is 6.14. The van der Waals surface area contributed by atoms with Gasteiger partial charge in [-0.3, -0.25) is 4.98 Å². The van der Waals surface area contributed by atoms with Gasteiger partial charge in [-0.15, -0.1) is 0 Å². The molecule has 0 unspecified atom stereocenters. The monoisotopic (exact) mass is 409 g/mol. The van der Waals surface area contributed by atoms with Crippen LogP contribution >= 0.6 is 11.6 Å². The first-order chi connectivity index (χ1) is 14.1. The van der Waals surface area contributed by atoms with Gasteiger partial charge in [-0.1, -0.05) is 28.8 Å². The smallest absolute Gasteiger partial charge is 0.258 e. The Labute approximate surface area is 170 Å². The van der Waals surface area contributed by atoms with Gasteiger partial charge in [-0.25, -0.2) is 4.98 Å². The Balaban J connectivity index is 1.54. The van der Waals surface area contributed by atoms with E-state index in [4.69, 9.17) is 20.6 Å². The van der Waals surface area contributed by atoms with Gasteiger partial charge in [0.25, 0.3) is 11.8 Å². The number of pyridine rings is 2. The van der Waals surface area contributed by atoms with Crippen LogP contribution < -0.4 is 5.32 Å². The van der Waals surface area contributed by atoms with Crippen LogP contribution in [-0.4, -0.2) is 30.2 Å². The minimum absolute atomic E-state index is 0.299. The van der Waals surface area contributed by atoms with E-state index in [9.17, 15) is 0 Å². The van der Waals surface area contributed by atoms with Crippen LogP contribution in [0.25, 0.3) is 23.6 Å². The van der Waals surface area contributed by atoms with E-state index in [1.165, 1.54) is 0 Å². The molecule has 4 aromatic rings. The van der Waals surface area contributed by atoms with Crippen molar-refractivity contribution in [2.75, 3.05) is 5.32 Å². The molecular weight excluding hydrogens is 394 g/mol. The number of rotatable bonds is 6. The Morgan fingerprint density at radius 1 is 1.03 bits per heavy atom. The predicted molar refractivity (Wildman–Crippen MR) is 107 cm³/mol. The standard InChI is InChI=1S/C19H16ClN7O2/c1-3-16-25-18(28-27-16)5-4-12-6-14(10-21-9-12)23-17-8-13(7-15(20)24-17)19-22-11(2)26-29-19/h4-10H,3H2,1-2H3,(H,23,24)/b5-4+. The fourth-order valence-corrected chi connectivity index (χ4v) is 2.72. The van der Waals surface area contributed by atoms with Crippen LogP contribution in [0.5, 0.6) is 0 Å². The van der Waals surface area contributed by atoms with Crippen molar-refractivity contribution in [2.24, 2.45) is 0 Å². The number of hydrogen-bond donors (Lipinski definition) is 1. The Kier molecular flexibility index (Phi) is 5.30. The molecule has 4 heterocycles. The van der Waals surface area contributed by atoms with E-state index in [-0.39, 0.29) is 0 Å². The second kappa shape index (κ2) is 8.19. The van der Waals surface area contributed by atoms with Crippen LogP contribution in [0.2, 0.25) is 5.15 Å². The van der Waals surface area contributed by atoms with Crippen molar-refractivity contribution < 1.29 is 9.05 Å². The molecule has 0 amide bonds. The zero-order chi connectivity index (χ0) is 20.2. The lowest BCUT2D eigenvalue weighted by Gasteiger charge is -2.07. The van der Waals surface area contributed by atoms with Gasteiger partial charge < -0.3 is 14.4 Å². The van der Waals surface area contributed by atoms with E-state index in [0.717, 1.165) is 17.7 Å². The summed E-state index contributed by atoms with van der Waals surface area (Å²) in [5.41, 5.74) is 2.25. The zero-order valence-corrected chi connectivity index (χ0v) is 16.4. The Morgan fingerprint density at radius 3 is 2.69 bits per heavy atom. The van der Waals surface area contributed by atoms with Gasteiger partial charge in [0.05, 0.1) is 11.9 Å². The maximum Gasteiger partial charge on any atom is 0.258 e. The summed E-state index contributed by atoms with van der Waals surface area (Å²) in [6.45, 7) is 3.71. The molecule has 146 valence electrons. The molecule has 0 aliphatic rings. The van der Waals surface area contributed by atoms with Crippen molar-refractivity contribution >= 4 is 35.3 Å². The molecule has 0 radical (unpaired) electrons. The molecule has 10 heteroatoms. The summed E-state index contributed by atoms with van der Waals surface area (Å²) in [5.74, 6) is 2.54. The molecule has 0 fully saturated rings. The van der Waals surface area contributed by atoms with Crippen molar-refractivity contribution in [2.45, 2.75) is 20.3 Å². The second-order valence-electron chi connectivity index (χ2n) is 6.08. The highest BCUT2D eigenvalue weighted by atomic mass is 35.5. The summed E-state index contributed by atoms with van der Waals surface area (Å²) in [6, 6.07) is 5.33. The topological polar surface area (TPSA) is 116 Å². The SMILES string of the molecule is CCc1noc(/C=C/c2cncc(Nc3cc(-c4nc(C)no4)cc(Cl)n3)c2)n1. The minimum Gasteiger partial charge on any atom is -0.339 e. The molecule has 29 heavy (non-hydrogen) atoms. The Morgan fingerprint density at radius 2 is 1.93 bits per heavy atom. The third kappa shape index (κ3) is 4.64. The number of nitrogens with one attached hydrogen (secondary N) is 1. The number of halogens is 1. The molecule has 0 atom stereocenters. The maximum atomic E-state index is 6.14. The minimum atomic E-state index is 0.299. The molecule has 0 saturated heterocycles. The van der Waals surface area contributed by atoms with Crippen LogP contribution in [0.3, 0.4) is 0 Å². The first-order valence-electron chi connectivity index (χ1n) is 8.80. The molecule has 4 aromatic heterocycles. The Bertz CT molecular complexity index is 1170. The second-order valence-corrected chi connectivity index (χ2v) is 6.47. The highest BCUT2D eigenvalue weighted by Gasteiger charge is 2.10. The predicted octanol–water partition coefficient (Wildman–Crippen LogP) is 4.35. The number of hydrogen-bond acceptors (Lipinski definition) is 9. The summed E-state index contributed by atoms with van der Waals surface area (Å²) in [5, 5.41) is 11.1. The van der Waals surface area contributed by atoms with Crippen molar-refractivity contribution in [1.29, 1.82) is 0 Å². The van der Waals surface area contributed by atoms with E-state index in [0.29, 0.717) is 40.0 Å². The van der Waals surface area contributed by atoms with Gasteiger partial charge in [-0.05, 0) is 36.8 Å². The molecule has 0 saturated carbocycles. The molecule has 4 rings (SSSR count). The van der Waals surface area contributed by atoms with E-state index in [1.54, 1.807) is 37.5 Å². The van der Waals surface area contributed by atoms with Gasteiger partial charge in [0, 0.05) is 24.3 Å². The molecule has 0 aliphatic heterocycles. The van der Waals surface area contributed by atoms with Crippen LogP contribution in [0.4, 0.5) is 11.5 Å². The van der Waals surface area contributed by atoms with Crippen molar-refractivity contribution in [1.82, 2.24) is 30.2 Å². The molecule has 0 spiro atoms. The largest absolute Gasteiger partial charge is 0.339 e. The van der Waals surface area contributed by atoms with E-state index in [1.807, 2.05) is 19.1 Å². The number of aromatic nitrogens is 6. The quantitative estimate of drug-likeness (QED) is 0.464. The molecule has 0 bridgehead atoms. The average molecular weight is 410 g/mol. The molecule has 0 aliphatic carbocycles. The van der Waals surface area contributed by atoms with Gasteiger partial charge in [0.1, 0.15) is 11.0 Å². The van der Waals surface area contributed by atoms with E-state index in [2.05, 4.69) is 35.6 Å². The van der Waals surface area contributed by atoms with Crippen LogP contribution in [0.15, 0.2) is 39.6 Å². The van der Waals surface area contributed by atoms with Crippen LogP contribution in [0, 0.1) is 6.92 Å². The lowest BCUT2D eigenvalue weighted by molar-refractivity contribution is 0.403. The third-order valence-electron chi connectivity index (χ3n) is 3.82. The zero-order valence-electron chi connectivity index (χ0n) is 15.6. The fraction of sp³-hybridized carbons (Fsp3) is 0.158. The maximum absolute atomic E-state index is 6.14. The third-order valence-corrected chi connectivity index (χ3v) is 4.01. The highest BCUT2D eigenvalue weighted by Crippen LogP contribution is 2.25. The Hall–Kier alpha value is -3.59. The van der Waals surface area contributed by atoms with Crippen LogP contribution in [0.1, 0.15) is 30.0 Å². The molecular formula is C19H16ClN7O2. The van der Waals surface area contributed by atoms with Gasteiger partial charge in [0.15, 0.2) is 11.6 Å². The summed E-state index contributed by atoms with van der Waals surface area (Å²) in [6.07, 6.45) is 7.69. The summed E-state index contributed by atoms with van der Waals surface area (Å²) in [4.78, 5) is 17.0. The van der Waals surface area contributed by atoms with E-state index >= 15 is 0 Å². The molecule has 0 aromatic carbocycles. The van der Waals surface area contributed by atoms with E-state index < -0.39 is 0 Å². The first kappa shape index (κ1) is 18.8. The summed E-state index contributed by atoms with van der Waals surface area (Å²) in [7, 11) is 0. The number of anilines is 2. The van der Waals surface area contributed by atoms with Gasteiger partial charge in [-0.2, -0.15) is 9.97 Å². The lowest BCUT2D eigenvalue weighted by atomic mass is 10.2. The highest BCUT2D eigenvalue weighted by molar-refractivity contribution is 6.29. The first-order valence-corrected chi connectivity index (χ1v) is 9.18. The van der Waals surface area contributed by atoms with Crippen molar-refractivity contribution in [3.63, 3.8) is 0 Å². The van der Waals surface area contributed by atoms with Crippen molar-refractivity contribution in [3.05, 3.63) is 58.8 Å². The van der Waals surface area contributed by atoms with Gasteiger partial charge in [0.2, 0.25) is 0 Å². The van der Waals surface area contributed by atoms with Crippen LogP contribution in [-0.2, 0) is 6.42 Å². The number of nitrogens with zero attached hydrogens (tertiary/aromatic N) is 6. The number of aryl methyl sites for hydroxylation is 2. The normalized spacial score (nSPS) is 11.3. The summed E-state index contributed by atoms with van der Waals surface area (Å²) < 4.78 is 10.3. The van der Waals surface area contributed by atoms with Gasteiger partial charge >= 0.3 is 0 Å². The lowest BCUT2D eigenvalue weighted by Crippen LogP contribution is -1.96. The molecule has 9 nitrogen and oxygen atoms in total. The van der Waals surface area contributed by atoms with Crippen molar-refractivity contribution in [3.8, 4) is 11.5 Å². The average Bonchev–Trinajstić information content (AvgIpc) is 3.35.